The van der Waals surface area contributed by atoms with Gasteiger partial charge < -0.3 is 20.4 Å². The van der Waals surface area contributed by atoms with Gasteiger partial charge in [-0.15, -0.1) is 24.0 Å². The molecular formula is C20H24IN5O. The molecule has 0 atom stereocenters. The lowest BCUT2D eigenvalue weighted by Gasteiger charge is -2.10. The summed E-state index contributed by atoms with van der Waals surface area (Å²) in [6.45, 7) is 3.29. The molecule has 0 radical (unpaired) electrons. The molecule has 0 aliphatic heterocycles. The molecule has 0 aliphatic rings. The Morgan fingerprint density at radius 3 is 2.70 bits per heavy atom. The number of halogens is 1. The van der Waals surface area contributed by atoms with Crippen molar-refractivity contribution >= 4 is 35.6 Å². The lowest BCUT2D eigenvalue weighted by atomic mass is 10.1. The molecule has 1 heterocycles. The number of nitrogens with zero attached hydrogens (tertiary/aromatic N) is 3. The number of imidazole rings is 1. The van der Waals surface area contributed by atoms with Crippen molar-refractivity contribution in [3.05, 3.63) is 77.9 Å². The second-order valence-corrected chi connectivity index (χ2v) is 5.95. The molecule has 6 nitrogen and oxygen atoms in total. The maximum Gasteiger partial charge on any atom is 0.193 e. The van der Waals surface area contributed by atoms with Crippen LogP contribution >= 0.6 is 24.0 Å². The molecule has 0 bridgehead atoms. The molecule has 7 heteroatoms. The van der Waals surface area contributed by atoms with Crippen molar-refractivity contribution in [2.24, 2.45) is 10.7 Å². The van der Waals surface area contributed by atoms with Gasteiger partial charge in [-0.2, -0.15) is 0 Å². The van der Waals surface area contributed by atoms with Crippen LogP contribution in [0.2, 0.25) is 0 Å². The third-order valence-corrected chi connectivity index (χ3v) is 4.07. The predicted octanol–water partition coefficient (Wildman–Crippen LogP) is 3.79. The van der Waals surface area contributed by atoms with Gasteiger partial charge in [0.1, 0.15) is 11.6 Å². The number of methoxy groups -OCH3 is 1. The van der Waals surface area contributed by atoms with Crippen molar-refractivity contribution in [1.29, 1.82) is 0 Å². The maximum atomic E-state index is 6.02. The van der Waals surface area contributed by atoms with Crippen LogP contribution in [0.3, 0.4) is 0 Å². The van der Waals surface area contributed by atoms with E-state index in [1.165, 1.54) is 5.56 Å². The summed E-state index contributed by atoms with van der Waals surface area (Å²) in [6, 6.07) is 15.9. The summed E-state index contributed by atoms with van der Waals surface area (Å²) in [4.78, 5) is 8.68. The Labute approximate surface area is 176 Å². The first kappa shape index (κ1) is 20.8. The third-order valence-electron chi connectivity index (χ3n) is 4.07. The number of aryl methyl sites for hydroxylation is 1. The SMILES string of the molecule is COc1ccccc1NC(N)=NCc1cccc(Cn2ccnc2C)c1.I. The molecule has 0 saturated carbocycles. The minimum absolute atomic E-state index is 0. The van der Waals surface area contributed by atoms with Gasteiger partial charge in [0.25, 0.3) is 0 Å². The number of para-hydroxylation sites is 2. The highest BCUT2D eigenvalue weighted by Gasteiger charge is 2.03. The fourth-order valence-corrected chi connectivity index (χ4v) is 2.70. The summed E-state index contributed by atoms with van der Waals surface area (Å²) in [5.74, 6) is 2.08. The normalized spacial score (nSPS) is 11.0. The van der Waals surface area contributed by atoms with Gasteiger partial charge in [0.2, 0.25) is 0 Å². The van der Waals surface area contributed by atoms with Gasteiger partial charge in [0, 0.05) is 18.9 Å². The summed E-state index contributed by atoms with van der Waals surface area (Å²) in [5, 5.41) is 3.08. The van der Waals surface area contributed by atoms with Crippen LogP contribution in [0.25, 0.3) is 0 Å². The largest absolute Gasteiger partial charge is 0.495 e. The minimum Gasteiger partial charge on any atom is -0.495 e. The van der Waals surface area contributed by atoms with Crippen LogP contribution in [0, 0.1) is 6.92 Å². The average molecular weight is 477 g/mol. The average Bonchev–Trinajstić information content (AvgIpc) is 3.05. The molecule has 142 valence electrons. The van der Waals surface area contributed by atoms with E-state index in [1.807, 2.05) is 55.7 Å². The van der Waals surface area contributed by atoms with Gasteiger partial charge in [-0.05, 0) is 30.2 Å². The van der Waals surface area contributed by atoms with Gasteiger partial charge in [-0.3, -0.25) is 0 Å². The van der Waals surface area contributed by atoms with Crippen LogP contribution in [-0.4, -0.2) is 22.6 Å². The first-order valence-corrected chi connectivity index (χ1v) is 8.41. The Bertz CT molecular complexity index is 907. The lowest BCUT2D eigenvalue weighted by Crippen LogP contribution is -2.22. The summed E-state index contributed by atoms with van der Waals surface area (Å²) < 4.78 is 7.41. The highest BCUT2D eigenvalue weighted by molar-refractivity contribution is 14.0. The highest BCUT2D eigenvalue weighted by Crippen LogP contribution is 2.22. The number of guanidine groups is 1. The predicted molar refractivity (Wildman–Crippen MR) is 120 cm³/mol. The van der Waals surface area contributed by atoms with Gasteiger partial charge >= 0.3 is 0 Å². The van der Waals surface area contributed by atoms with Crippen LogP contribution in [-0.2, 0) is 13.1 Å². The molecule has 3 aromatic rings. The number of aromatic nitrogens is 2. The Hall–Kier alpha value is -2.55. The van der Waals surface area contributed by atoms with E-state index in [-0.39, 0.29) is 24.0 Å². The zero-order valence-electron chi connectivity index (χ0n) is 15.4. The van der Waals surface area contributed by atoms with Crippen molar-refractivity contribution < 1.29 is 4.74 Å². The van der Waals surface area contributed by atoms with E-state index < -0.39 is 0 Å². The topological polar surface area (TPSA) is 77.5 Å². The number of hydrogen-bond acceptors (Lipinski definition) is 3. The maximum absolute atomic E-state index is 6.02. The van der Waals surface area contributed by atoms with Crippen molar-refractivity contribution in [2.45, 2.75) is 20.0 Å². The number of hydrogen-bond donors (Lipinski definition) is 2. The molecule has 0 amide bonds. The van der Waals surface area contributed by atoms with Gasteiger partial charge in [-0.25, -0.2) is 9.98 Å². The van der Waals surface area contributed by atoms with Crippen LogP contribution in [0.1, 0.15) is 17.0 Å². The van der Waals surface area contributed by atoms with Crippen LogP contribution in [0.5, 0.6) is 5.75 Å². The van der Waals surface area contributed by atoms with Gasteiger partial charge in [-0.1, -0.05) is 36.4 Å². The molecule has 0 fully saturated rings. The van der Waals surface area contributed by atoms with Gasteiger partial charge in [0.15, 0.2) is 5.96 Å². The second kappa shape index (κ2) is 9.96. The first-order valence-electron chi connectivity index (χ1n) is 8.41. The Morgan fingerprint density at radius 2 is 1.96 bits per heavy atom. The van der Waals surface area contributed by atoms with Crippen molar-refractivity contribution in [2.75, 3.05) is 12.4 Å². The smallest absolute Gasteiger partial charge is 0.193 e. The molecule has 3 N–H and O–H groups in total. The van der Waals surface area contributed by atoms with Crippen molar-refractivity contribution in [1.82, 2.24) is 9.55 Å². The summed E-state index contributed by atoms with van der Waals surface area (Å²) in [6.07, 6.45) is 3.79. The molecule has 0 spiro atoms. The van der Waals surface area contributed by atoms with E-state index in [9.17, 15) is 0 Å². The zero-order valence-corrected chi connectivity index (χ0v) is 17.8. The summed E-state index contributed by atoms with van der Waals surface area (Å²) in [7, 11) is 1.63. The van der Waals surface area contributed by atoms with E-state index in [2.05, 4.69) is 32.0 Å². The molecule has 0 unspecified atom stereocenters. The zero-order chi connectivity index (χ0) is 18.4. The lowest BCUT2D eigenvalue weighted by molar-refractivity contribution is 0.417. The number of benzene rings is 2. The number of rotatable bonds is 6. The number of aliphatic imine (C=N–C) groups is 1. The number of ether oxygens (including phenoxy) is 1. The molecule has 2 aromatic carbocycles. The van der Waals surface area contributed by atoms with Crippen LogP contribution < -0.4 is 15.8 Å². The van der Waals surface area contributed by atoms with Crippen LogP contribution in [0.15, 0.2) is 65.9 Å². The summed E-state index contributed by atoms with van der Waals surface area (Å²) >= 11 is 0. The third kappa shape index (κ3) is 5.72. The van der Waals surface area contributed by atoms with Gasteiger partial charge in [0.05, 0.1) is 19.3 Å². The molecule has 27 heavy (non-hydrogen) atoms. The van der Waals surface area contributed by atoms with E-state index in [1.54, 1.807) is 7.11 Å². The van der Waals surface area contributed by atoms with Crippen LogP contribution in [0.4, 0.5) is 5.69 Å². The fourth-order valence-electron chi connectivity index (χ4n) is 2.70. The number of nitrogens with one attached hydrogen (secondary N) is 1. The van der Waals surface area contributed by atoms with E-state index >= 15 is 0 Å². The van der Waals surface area contributed by atoms with E-state index in [0.29, 0.717) is 12.5 Å². The number of nitrogens with two attached hydrogens (primary N) is 1. The molecule has 0 saturated heterocycles. The number of anilines is 1. The highest BCUT2D eigenvalue weighted by atomic mass is 127. The van der Waals surface area contributed by atoms with E-state index in [4.69, 9.17) is 10.5 Å². The Balaban J connectivity index is 0.00000261. The fraction of sp³-hybridized carbons (Fsp3) is 0.200. The summed E-state index contributed by atoms with van der Waals surface area (Å²) in [5.41, 5.74) is 9.11. The molecule has 0 aliphatic carbocycles. The van der Waals surface area contributed by atoms with E-state index in [0.717, 1.165) is 29.4 Å². The quantitative estimate of drug-likeness (QED) is 0.322. The monoisotopic (exact) mass is 477 g/mol. The van der Waals surface area contributed by atoms with Crippen molar-refractivity contribution in [3.63, 3.8) is 0 Å². The molecule has 1 aromatic heterocycles. The Morgan fingerprint density at radius 1 is 1.19 bits per heavy atom. The molecule has 3 rings (SSSR count). The standard InChI is InChI=1S/C20H23N5O.HI/c1-15-22-10-11-25(15)14-17-7-5-6-16(12-17)13-23-20(21)24-18-8-3-4-9-19(18)26-2;/h3-12H,13-14H2,1-2H3,(H3,21,23,24);1H. The first-order chi connectivity index (χ1) is 12.7. The Kier molecular flexibility index (Phi) is 7.66. The molecular weight excluding hydrogens is 453 g/mol. The van der Waals surface area contributed by atoms with Crippen molar-refractivity contribution in [3.8, 4) is 5.75 Å². The second-order valence-electron chi connectivity index (χ2n) is 5.95. The minimum atomic E-state index is 0.